The van der Waals surface area contributed by atoms with Crippen molar-refractivity contribution < 1.29 is 14.3 Å². The minimum atomic E-state index is -0.252. The third-order valence-electron chi connectivity index (χ3n) is 2.15. The first-order chi connectivity index (χ1) is 8.08. The lowest BCUT2D eigenvalue weighted by Crippen LogP contribution is -2.12. The first-order valence-electron chi connectivity index (χ1n) is 5.93. The molecule has 0 saturated heterocycles. The number of aryl methyl sites for hydroxylation is 1. The number of carbonyl (C=O) groups is 1. The van der Waals surface area contributed by atoms with Crippen molar-refractivity contribution in [2.24, 2.45) is 5.92 Å². The van der Waals surface area contributed by atoms with Crippen LogP contribution in [0.1, 0.15) is 25.8 Å². The molecule has 0 aromatic heterocycles. The van der Waals surface area contributed by atoms with E-state index in [1.54, 1.807) is 12.1 Å². The van der Waals surface area contributed by atoms with Gasteiger partial charge in [0.2, 0.25) is 0 Å². The van der Waals surface area contributed by atoms with E-state index in [0.717, 1.165) is 5.56 Å². The lowest BCUT2D eigenvalue weighted by atomic mass is 10.2. The average Bonchev–Trinajstić information content (AvgIpc) is 2.27. The zero-order chi connectivity index (χ0) is 12.7. The Labute approximate surface area is 103 Å². The second-order valence-electron chi connectivity index (χ2n) is 4.51. The van der Waals surface area contributed by atoms with Crippen molar-refractivity contribution in [2.45, 2.75) is 27.2 Å². The van der Waals surface area contributed by atoms with E-state index in [1.165, 1.54) is 0 Å². The zero-order valence-corrected chi connectivity index (χ0v) is 10.7. The molecule has 17 heavy (non-hydrogen) atoms. The van der Waals surface area contributed by atoms with E-state index < -0.39 is 0 Å². The van der Waals surface area contributed by atoms with Gasteiger partial charge in [-0.1, -0.05) is 31.5 Å². The van der Waals surface area contributed by atoms with E-state index >= 15 is 0 Å². The maximum absolute atomic E-state index is 11.4. The molecular weight excluding hydrogens is 216 g/mol. The number of hydrogen-bond donors (Lipinski definition) is 0. The summed E-state index contributed by atoms with van der Waals surface area (Å²) in [7, 11) is 0. The highest BCUT2D eigenvalue weighted by Gasteiger charge is 2.04. The molecule has 1 aromatic rings. The second kappa shape index (κ2) is 7.07. The van der Waals surface area contributed by atoms with E-state index in [0.29, 0.717) is 31.3 Å². The monoisotopic (exact) mass is 236 g/mol. The molecule has 0 N–H and O–H groups in total. The van der Waals surface area contributed by atoms with Gasteiger partial charge in [0.05, 0.1) is 13.0 Å². The van der Waals surface area contributed by atoms with Gasteiger partial charge in [0.1, 0.15) is 5.75 Å². The van der Waals surface area contributed by atoms with Crippen molar-refractivity contribution in [1.82, 2.24) is 0 Å². The summed E-state index contributed by atoms with van der Waals surface area (Å²) in [4.78, 5) is 11.4. The van der Waals surface area contributed by atoms with Crippen LogP contribution in [0.2, 0.25) is 0 Å². The van der Waals surface area contributed by atoms with E-state index in [1.807, 2.05) is 19.1 Å². The van der Waals surface area contributed by atoms with Crippen LogP contribution in [0.5, 0.6) is 5.75 Å². The summed E-state index contributed by atoms with van der Waals surface area (Å²) in [5, 5.41) is 0. The van der Waals surface area contributed by atoms with Crippen LogP contribution < -0.4 is 4.74 Å². The summed E-state index contributed by atoms with van der Waals surface area (Å²) >= 11 is 0. The van der Waals surface area contributed by atoms with Gasteiger partial charge in [0, 0.05) is 6.61 Å². The standard InChI is InChI=1S/C14H20O3/c1-11(2)10-16-9-8-14(15)17-13-6-4-12(3)5-7-13/h4-7,11H,8-10H2,1-3H3. The molecule has 3 nitrogen and oxygen atoms in total. The highest BCUT2D eigenvalue weighted by molar-refractivity contribution is 5.72. The summed E-state index contributed by atoms with van der Waals surface area (Å²) in [5.74, 6) is 0.824. The minimum absolute atomic E-state index is 0.252. The molecule has 0 unspecified atom stereocenters. The smallest absolute Gasteiger partial charge is 0.313 e. The van der Waals surface area contributed by atoms with Crippen LogP contribution in [0.4, 0.5) is 0 Å². The molecule has 94 valence electrons. The summed E-state index contributed by atoms with van der Waals surface area (Å²) < 4.78 is 10.5. The number of hydrogen-bond acceptors (Lipinski definition) is 3. The predicted molar refractivity (Wildman–Crippen MR) is 67.1 cm³/mol. The number of benzene rings is 1. The molecule has 0 fully saturated rings. The molecular formula is C14H20O3. The van der Waals surface area contributed by atoms with Crippen molar-refractivity contribution in [2.75, 3.05) is 13.2 Å². The highest BCUT2D eigenvalue weighted by atomic mass is 16.5. The van der Waals surface area contributed by atoms with Crippen molar-refractivity contribution in [3.05, 3.63) is 29.8 Å². The minimum Gasteiger partial charge on any atom is -0.426 e. The van der Waals surface area contributed by atoms with Crippen LogP contribution in [0, 0.1) is 12.8 Å². The van der Waals surface area contributed by atoms with E-state index in [4.69, 9.17) is 9.47 Å². The third-order valence-corrected chi connectivity index (χ3v) is 2.15. The Bertz CT molecular complexity index is 341. The van der Waals surface area contributed by atoms with Crippen LogP contribution >= 0.6 is 0 Å². The largest absolute Gasteiger partial charge is 0.426 e. The number of rotatable bonds is 6. The van der Waals surface area contributed by atoms with Crippen LogP contribution in [0.3, 0.4) is 0 Å². The Morgan fingerprint density at radius 2 is 1.88 bits per heavy atom. The Morgan fingerprint density at radius 3 is 2.47 bits per heavy atom. The van der Waals surface area contributed by atoms with Gasteiger partial charge in [-0.2, -0.15) is 0 Å². The van der Waals surface area contributed by atoms with Gasteiger partial charge < -0.3 is 9.47 Å². The van der Waals surface area contributed by atoms with Crippen LogP contribution in [0.25, 0.3) is 0 Å². The van der Waals surface area contributed by atoms with E-state index in [-0.39, 0.29) is 5.97 Å². The lowest BCUT2D eigenvalue weighted by Gasteiger charge is -2.07. The fraction of sp³-hybridized carbons (Fsp3) is 0.500. The maximum atomic E-state index is 11.4. The molecule has 0 aliphatic carbocycles. The van der Waals surface area contributed by atoms with Gasteiger partial charge >= 0.3 is 5.97 Å². The Hall–Kier alpha value is -1.35. The first-order valence-corrected chi connectivity index (χ1v) is 5.93. The summed E-state index contributed by atoms with van der Waals surface area (Å²) in [6.45, 7) is 7.24. The quantitative estimate of drug-likeness (QED) is 0.433. The van der Waals surface area contributed by atoms with Crippen molar-refractivity contribution in [3.8, 4) is 5.75 Å². The molecule has 1 rings (SSSR count). The van der Waals surface area contributed by atoms with Gasteiger partial charge in [0.15, 0.2) is 0 Å². The fourth-order valence-corrected chi connectivity index (χ4v) is 1.26. The van der Waals surface area contributed by atoms with Gasteiger partial charge in [-0.05, 0) is 25.0 Å². The van der Waals surface area contributed by atoms with Gasteiger partial charge in [-0.3, -0.25) is 4.79 Å². The molecule has 1 aromatic carbocycles. The van der Waals surface area contributed by atoms with Gasteiger partial charge in [-0.25, -0.2) is 0 Å². The van der Waals surface area contributed by atoms with Crippen molar-refractivity contribution in [1.29, 1.82) is 0 Å². The van der Waals surface area contributed by atoms with Gasteiger partial charge in [0.25, 0.3) is 0 Å². The SMILES string of the molecule is Cc1ccc(OC(=O)CCOCC(C)C)cc1. The molecule has 0 spiro atoms. The topological polar surface area (TPSA) is 35.5 Å². The normalized spacial score (nSPS) is 10.6. The Morgan fingerprint density at radius 1 is 1.24 bits per heavy atom. The van der Waals surface area contributed by atoms with Crippen LogP contribution in [-0.2, 0) is 9.53 Å². The Kier molecular flexibility index (Phi) is 5.70. The predicted octanol–water partition coefficient (Wildman–Crippen LogP) is 2.96. The lowest BCUT2D eigenvalue weighted by molar-refractivity contribution is -0.135. The molecule has 0 amide bonds. The van der Waals surface area contributed by atoms with E-state index in [9.17, 15) is 4.79 Å². The summed E-state index contributed by atoms with van der Waals surface area (Å²) in [6.07, 6.45) is 0.292. The molecule has 0 saturated carbocycles. The zero-order valence-electron chi connectivity index (χ0n) is 10.7. The highest BCUT2D eigenvalue weighted by Crippen LogP contribution is 2.12. The van der Waals surface area contributed by atoms with Crippen molar-refractivity contribution >= 4 is 5.97 Å². The van der Waals surface area contributed by atoms with Gasteiger partial charge in [-0.15, -0.1) is 0 Å². The number of esters is 1. The first kappa shape index (κ1) is 13.7. The average molecular weight is 236 g/mol. The summed E-state index contributed by atoms with van der Waals surface area (Å²) in [5.41, 5.74) is 1.14. The van der Waals surface area contributed by atoms with E-state index in [2.05, 4.69) is 13.8 Å². The number of carbonyl (C=O) groups excluding carboxylic acids is 1. The summed E-state index contributed by atoms with van der Waals surface area (Å²) in [6, 6.07) is 7.42. The second-order valence-corrected chi connectivity index (χ2v) is 4.51. The van der Waals surface area contributed by atoms with Crippen LogP contribution in [0.15, 0.2) is 24.3 Å². The maximum Gasteiger partial charge on any atom is 0.313 e. The van der Waals surface area contributed by atoms with Crippen molar-refractivity contribution in [3.63, 3.8) is 0 Å². The molecule has 3 heteroatoms. The third kappa shape index (κ3) is 6.07. The molecule has 0 radical (unpaired) electrons. The van der Waals surface area contributed by atoms with Crippen LogP contribution in [-0.4, -0.2) is 19.2 Å². The number of ether oxygens (including phenoxy) is 2. The molecule has 0 aliphatic rings. The molecule has 0 atom stereocenters. The Balaban J connectivity index is 2.23. The molecule has 0 heterocycles. The molecule has 0 bridgehead atoms. The fourth-order valence-electron chi connectivity index (χ4n) is 1.26. The molecule has 0 aliphatic heterocycles.